The minimum Gasteiger partial charge on any atom is -0.453 e. The van der Waals surface area contributed by atoms with Gasteiger partial charge in [0.1, 0.15) is 5.58 Å². The van der Waals surface area contributed by atoms with Crippen LogP contribution in [-0.2, 0) is 4.79 Å². The molecule has 1 amide bonds. The fourth-order valence-electron chi connectivity index (χ4n) is 2.79. The second kappa shape index (κ2) is 7.76. The van der Waals surface area contributed by atoms with Crippen LogP contribution in [0.25, 0.3) is 22.6 Å². The monoisotopic (exact) mass is 413 g/mol. The number of hydrogen-bond acceptors (Lipinski definition) is 7. The van der Waals surface area contributed by atoms with Crippen molar-refractivity contribution in [1.82, 2.24) is 19.7 Å². The highest BCUT2D eigenvalue weighted by molar-refractivity contribution is 8.00. The van der Waals surface area contributed by atoms with Gasteiger partial charge in [-0.25, -0.2) is 4.98 Å². The summed E-state index contributed by atoms with van der Waals surface area (Å²) in [7, 11) is 0. The topological polar surface area (TPSA) is 85.8 Å². The first-order valence-electron chi connectivity index (χ1n) is 8.84. The van der Waals surface area contributed by atoms with Crippen molar-refractivity contribution >= 4 is 45.1 Å². The van der Waals surface area contributed by atoms with Crippen LogP contribution >= 0.6 is 23.1 Å². The highest BCUT2D eigenvalue weighted by atomic mass is 32.2. The Bertz CT molecular complexity index is 1070. The van der Waals surface area contributed by atoms with Gasteiger partial charge in [0.05, 0.1) is 5.25 Å². The van der Waals surface area contributed by atoms with Crippen LogP contribution in [0.5, 0.6) is 0 Å². The molecule has 3 heterocycles. The van der Waals surface area contributed by atoms with E-state index in [0.717, 1.165) is 11.0 Å². The third-order valence-electron chi connectivity index (χ3n) is 4.14. The number of anilines is 1. The molecule has 3 aromatic heterocycles. The first kappa shape index (κ1) is 18.7. The average Bonchev–Trinajstić information content (AvgIpc) is 3.40. The molecule has 1 N–H and O–H groups in total. The summed E-state index contributed by atoms with van der Waals surface area (Å²) in [6.45, 7) is 5.95. The summed E-state index contributed by atoms with van der Waals surface area (Å²) in [5.74, 6) is 1.19. The van der Waals surface area contributed by atoms with Gasteiger partial charge in [0.25, 0.3) is 0 Å². The van der Waals surface area contributed by atoms with Crippen molar-refractivity contribution in [3.63, 3.8) is 0 Å². The number of thioether (sulfide) groups is 1. The van der Waals surface area contributed by atoms with Crippen molar-refractivity contribution in [2.45, 2.75) is 37.2 Å². The summed E-state index contributed by atoms with van der Waals surface area (Å²) in [4.78, 5) is 16.5. The van der Waals surface area contributed by atoms with E-state index in [4.69, 9.17) is 4.42 Å². The number of fused-ring (bicyclic) bond motifs is 1. The number of amides is 1. The number of rotatable bonds is 6. The Morgan fingerprint density at radius 3 is 2.79 bits per heavy atom. The van der Waals surface area contributed by atoms with E-state index < -0.39 is 0 Å². The molecule has 9 heteroatoms. The third kappa shape index (κ3) is 3.67. The number of aromatic nitrogens is 4. The molecule has 0 saturated carbocycles. The molecule has 28 heavy (non-hydrogen) atoms. The molecule has 144 valence electrons. The van der Waals surface area contributed by atoms with Gasteiger partial charge in [-0.2, -0.15) is 0 Å². The number of furan rings is 1. The lowest BCUT2D eigenvalue weighted by Crippen LogP contribution is -2.23. The summed E-state index contributed by atoms with van der Waals surface area (Å²) in [6, 6.07) is 9.90. The van der Waals surface area contributed by atoms with Gasteiger partial charge in [0.2, 0.25) is 11.7 Å². The quantitative estimate of drug-likeness (QED) is 0.455. The number of nitrogens with one attached hydrogen (secondary N) is 1. The average molecular weight is 414 g/mol. The first-order valence-corrected chi connectivity index (χ1v) is 10.6. The Balaban J connectivity index is 1.60. The maximum atomic E-state index is 12.4. The molecular weight excluding hydrogens is 394 g/mol. The summed E-state index contributed by atoms with van der Waals surface area (Å²) in [5, 5.41) is 15.2. The zero-order valence-corrected chi connectivity index (χ0v) is 17.3. The van der Waals surface area contributed by atoms with E-state index in [9.17, 15) is 4.79 Å². The summed E-state index contributed by atoms with van der Waals surface area (Å²) in [6.07, 6.45) is 1.66. The van der Waals surface area contributed by atoms with Crippen LogP contribution in [-0.4, -0.2) is 30.9 Å². The predicted octanol–water partition coefficient (Wildman–Crippen LogP) is 4.85. The Kier molecular flexibility index (Phi) is 5.19. The van der Waals surface area contributed by atoms with Crippen LogP contribution in [0.1, 0.15) is 26.8 Å². The number of para-hydroxylation sites is 1. The number of carbonyl (C=O) groups is 1. The van der Waals surface area contributed by atoms with Gasteiger partial charge < -0.3 is 9.73 Å². The van der Waals surface area contributed by atoms with E-state index >= 15 is 0 Å². The summed E-state index contributed by atoms with van der Waals surface area (Å²) in [5.41, 5.74) is 0.807. The molecule has 0 radical (unpaired) electrons. The zero-order valence-electron chi connectivity index (χ0n) is 15.6. The van der Waals surface area contributed by atoms with Crippen LogP contribution in [0.2, 0.25) is 0 Å². The van der Waals surface area contributed by atoms with E-state index in [1.54, 1.807) is 6.20 Å². The normalized spacial score (nSPS) is 12.6. The molecule has 0 aliphatic carbocycles. The molecule has 0 aliphatic heterocycles. The number of carbonyl (C=O) groups excluding carboxylic acids is 1. The minimum atomic E-state index is -0.353. The van der Waals surface area contributed by atoms with Crippen LogP contribution in [0, 0.1) is 0 Å². The fraction of sp³-hybridized carbons (Fsp3) is 0.263. The predicted molar refractivity (Wildman–Crippen MR) is 112 cm³/mol. The first-order chi connectivity index (χ1) is 13.5. The molecule has 7 nitrogen and oxygen atoms in total. The van der Waals surface area contributed by atoms with Crippen LogP contribution in [0.15, 0.2) is 51.5 Å². The van der Waals surface area contributed by atoms with Gasteiger partial charge in [-0.1, -0.05) is 30.0 Å². The van der Waals surface area contributed by atoms with Gasteiger partial charge in [-0.15, -0.1) is 21.5 Å². The number of thiazole rings is 1. The molecule has 0 bridgehead atoms. The largest absolute Gasteiger partial charge is 0.453 e. The van der Waals surface area contributed by atoms with Crippen molar-refractivity contribution in [1.29, 1.82) is 0 Å². The van der Waals surface area contributed by atoms with Crippen molar-refractivity contribution in [2.75, 3.05) is 5.32 Å². The highest BCUT2D eigenvalue weighted by Crippen LogP contribution is 2.33. The van der Waals surface area contributed by atoms with Crippen molar-refractivity contribution < 1.29 is 9.21 Å². The van der Waals surface area contributed by atoms with Crippen LogP contribution < -0.4 is 5.32 Å². The SMILES string of the molecule is CC(Sc1nnc(-c2cc3ccccc3o2)n1C(C)C)C(=O)Nc1nccs1. The van der Waals surface area contributed by atoms with E-state index in [2.05, 4.69) is 34.3 Å². The Hall–Kier alpha value is -2.65. The van der Waals surface area contributed by atoms with Gasteiger partial charge in [0.15, 0.2) is 16.0 Å². The molecular formula is C19H19N5O2S2. The highest BCUT2D eigenvalue weighted by Gasteiger charge is 2.24. The fourth-order valence-corrected chi connectivity index (χ4v) is 4.30. The molecule has 1 aromatic carbocycles. The smallest absolute Gasteiger partial charge is 0.239 e. The van der Waals surface area contributed by atoms with Crippen molar-refractivity contribution in [3.05, 3.63) is 41.9 Å². The van der Waals surface area contributed by atoms with E-state index in [1.165, 1.54) is 23.1 Å². The zero-order chi connectivity index (χ0) is 19.7. The van der Waals surface area contributed by atoms with E-state index in [-0.39, 0.29) is 17.2 Å². The Labute approximate surface area is 170 Å². The molecule has 0 aliphatic rings. The molecule has 4 rings (SSSR count). The number of hydrogen-bond donors (Lipinski definition) is 1. The lowest BCUT2D eigenvalue weighted by Gasteiger charge is -2.15. The van der Waals surface area contributed by atoms with Crippen molar-refractivity contribution in [2.24, 2.45) is 0 Å². The Morgan fingerprint density at radius 1 is 1.25 bits per heavy atom. The number of benzene rings is 1. The molecule has 4 aromatic rings. The number of nitrogens with zero attached hydrogens (tertiary/aromatic N) is 4. The second-order valence-electron chi connectivity index (χ2n) is 6.50. The molecule has 1 atom stereocenters. The maximum Gasteiger partial charge on any atom is 0.239 e. The van der Waals surface area contributed by atoms with Gasteiger partial charge in [0, 0.05) is 23.0 Å². The molecule has 0 spiro atoms. The molecule has 0 fully saturated rings. The molecule has 0 saturated heterocycles. The molecule has 1 unspecified atom stereocenters. The maximum absolute atomic E-state index is 12.4. The van der Waals surface area contributed by atoms with Gasteiger partial charge in [-0.3, -0.25) is 9.36 Å². The second-order valence-corrected chi connectivity index (χ2v) is 8.71. The standard InChI is InChI=1S/C19H19N5O2S2/c1-11(2)24-16(15-10-13-6-4-5-7-14(13)26-15)22-23-19(24)28-12(3)17(25)21-18-20-8-9-27-18/h4-12H,1-3H3,(H,20,21,25). The summed E-state index contributed by atoms with van der Waals surface area (Å²) < 4.78 is 7.96. The summed E-state index contributed by atoms with van der Waals surface area (Å²) >= 11 is 2.75. The van der Waals surface area contributed by atoms with E-state index in [1.807, 2.05) is 47.2 Å². The van der Waals surface area contributed by atoms with Gasteiger partial charge >= 0.3 is 0 Å². The van der Waals surface area contributed by atoms with Crippen LogP contribution in [0.4, 0.5) is 5.13 Å². The minimum absolute atomic E-state index is 0.106. The lowest BCUT2D eigenvalue weighted by molar-refractivity contribution is -0.115. The third-order valence-corrected chi connectivity index (χ3v) is 5.89. The Morgan fingerprint density at radius 2 is 2.07 bits per heavy atom. The lowest BCUT2D eigenvalue weighted by atomic mass is 10.2. The van der Waals surface area contributed by atoms with E-state index in [0.29, 0.717) is 21.9 Å². The van der Waals surface area contributed by atoms with Crippen LogP contribution in [0.3, 0.4) is 0 Å². The van der Waals surface area contributed by atoms with Gasteiger partial charge in [-0.05, 0) is 32.9 Å². The van der Waals surface area contributed by atoms with Crippen molar-refractivity contribution in [3.8, 4) is 11.6 Å².